The van der Waals surface area contributed by atoms with E-state index >= 15 is 0 Å². The van der Waals surface area contributed by atoms with Gasteiger partial charge in [-0.05, 0) is 57.0 Å². The number of carbonyl (C=O) groups is 2. The zero-order valence-corrected chi connectivity index (χ0v) is 15.4. The summed E-state index contributed by atoms with van der Waals surface area (Å²) in [6, 6.07) is 6.08. The number of nitrogens with zero attached hydrogens (tertiary/aromatic N) is 2. The number of nitrogens with one attached hydrogen (secondary N) is 2. The van der Waals surface area contributed by atoms with E-state index in [1.807, 2.05) is 28.4 Å². The van der Waals surface area contributed by atoms with Gasteiger partial charge in [-0.3, -0.25) is 14.3 Å². The van der Waals surface area contributed by atoms with Crippen molar-refractivity contribution in [3.8, 4) is 0 Å². The molecule has 25 heavy (non-hydrogen) atoms. The molecule has 0 radical (unpaired) electrons. The molecule has 0 bridgehead atoms. The lowest BCUT2D eigenvalue weighted by atomic mass is 9.90. The van der Waals surface area contributed by atoms with Crippen LogP contribution in [0.3, 0.4) is 0 Å². The fraction of sp³-hybridized carbons (Fsp3) is 0.500. The van der Waals surface area contributed by atoms with E-state index < -0.39 is 5.54 Å². The van der Waals surface area contributed by atoms with Crippen molar-refractivity contribution < 1.29 is 9.59 Å². The molecule has 2 N–H and O–H groups in total. The third-order valence-corrected chi connectivity index (χ3v) is 5.54. The van der Waals surface area contributed by atoms with Gasteiger partial charge in [-0.25, -0.2) is 0 Å². The standard InChI is InChI=1S/C18H24N4O2S/c1-18(2,21-16(23)15-5-3-12-25-15)17(24)20-13-6-8-14(9-7-13)22-11-4-10-19-22/h3-5,10-14H,6-9H2,1-2H3,(H,20,24)(H,21,23). The van der Waals surface area contributed by atoms with E-state index in [1.54, 1.807) is 26.1 Å². The minimum atomic E-state index is -0.945. The van der Waals surface area contributed by atoms with Crippen molar-refractivity contribution in [3.63, 3.8) is 0 Å². The molecule has 0 aromatic carbocycles. The summed E-state index contributed by atoms with van der Waals surface area (Å²) in [6.45, 7) is 3.48. The van der Waals surface area contributed by atoms with Crippen molar-refractivity contribution in [3.05, 3.63) is 40.8 Å². The van der Waals surface area contributed by atoms with E-state index in [0.29, 0.717) is 10.9 Å². The largest absolute Gasteiger partial charge is 0.351 e. The fourth-order valence-electron chi connectivity index (χ4n) is 3.16. The predicted molar refractivity (Wildman–Crippen MR) is 97.5 cm³/mol. The first-order valence-electron chi connectivity index (χ1n) is 8.62. The SMILES string of the molecule is CC(C)(NC(=O)c1cccs1)C(=O)NC1CCC(n2cccn2)CC1. The highest BCUT2D eigenvalue weighted by Gasteiger charge is 2.33. The normalized spacial score (nSPS) is 20.9. The number of aromatic nitrogens is 2. The lowest BCUT2D eigenvalue weighted by molar-refractivity contribution is -0.127. The Morgan fingerprint density at radius 3 is 2.60 bits per heavy atom. The average molecular weight is 360 g/mol. The van der Waals surface area contributed by atoms with Crippen molar-refractivity contribution >= 4 is 23.2 Å². The van der Waals surface area contributed by atoms with Gasteiger partial charge in [0.1, 0.15) is 5.54 Å². The van der Waals surface area contributed by atoms with Gasteiger partial charge in [-0.2, -0.15) is 5.10 Å². The highest BCUT2D eigenvalue weighted by molar-refractivity contribution is 7.12. The molecule has 1 aliphatic rings. The molecule has 0 aliphatic heterocycles. The Balaban J connectivity index is 1.50. The molecule has 2 amide bonds. The van der Waals surface area contributed by atoms with Gasteiger partial charge in [-0.15, -0.1) is 11.3 Å². The smallest absolute Gasteiger partial charge is 0.262 e. The van der Waals surface area contributed by atoms with Crippen LogP contribution in [0.2, 0.25) is 0 Å². The second-order valence-corrected chi connectivity index (χ2v) is 7.97. The number of rotatable bonds is 5. The molecule has 0 spiro atoms. The monoisotopic (exact) mass is 360 g/mol. The van der Waals surface area contributed by atoms with Crippen molar-refractivity contribution in [2.45, 2.75) is 57.2 Å². The van der Waals surface area contributed by atoms with Crippen LogP contribution in [0.15, 0.2) is 36.0 Å². The molecule has 3 rings (SSSR count). The highest BCUT2D eigenvalue weighted by Crippen LogP contribution is 2.28. The quantitative estimate of drug-likeness (QED) is 0.861. The first kappa shape index (κ1) is 17.7. The first-order chi connectivity index (χ1) is 12.0. The molecule has 2 aromatic heterocycles. The van der Waals surface area contributed by atoms with Crippen LogP contribution in [0.4, 0.5) is 0 Å². The number of thiophene rings is 1. The predicted octanol–water partition coefficient (Wildman–Crippen LogP) is 2.75. The number of hydrogen-bond acceptors (Lipinski definition) is 4. The van der Waals surface area contributed by atoms with Crippen LogP contribution < -0.4 is 10.6 Å². The minimum Gasteiger partial charge on any atom is -0.351 e. The maximum atomic E-state index is 12.6. The highest BCUT2D eigenvalue weighted by atomic mass is 32.1. The van der Waals surface area contributed by atoms with Crippen molar-refractivity contribution in [1.82, 2.24) is 20.4 Å². The van der Waals surface area contributed by atoms with Crippen molar-refractivity contribution in [2.24, 2.45) is 0 Å². The summed E-state index contributed by atoms with van der Waals surface area (Å²) in [5, 5.41) is 12.1. The van der Waals surface area contributed by atoms with Crippen LogP contribution in [0.25, 0.3) is 0 Å². The summed E-state index contributed by atoms with van der Waals surface area (Å²) in [4.78, 5) is 25.4. The average Bonchev–Trinajstić information content (AvgIpc) is 3.29. The van der Waals surface area contributed by atoms with E-state index in [4.69, 9.17) is 0 Å². The molecule has 0 saturated heterocycles. The van der Waals surface area contributed by atoms with Gasteiger partial charge < -0.3 is 10.6 Å². The Bertz CT molecular complexity index is 702. The molecule has 1 fully saturated rings. The van der Waals surface area contributed by atoms with Crippen LogP contribution in [-0.4, -0.2) is 33.2 Å². The van der Waals surface area contributed by atoms with E-state index in [-0.39, 0.29) is 17.9 Å². The third-order valence-electron chi connectivity index (χ3n) is 4.67. The van der Waals surface area contributed by atoms with Crippen molar-refractivity contribution in [1.29, 1.82) is 0 Å². The van der Waals surface area contributed by atoms with E-state index in [0.717, 1.165) is 25.7 Å². The maximum absolute atomic E-state index is 12.6. The number of hydrogen-bond donors (Lipinski definition) is 2. The van der Waals surface area contributed by atoms with E-state index in [9.17, 15) is 9.59 Å². The molecular weight excluding hydrogens is 336 g/mol. The second-order valence-electron chi connectivity index (χ2n) is 7.02. The Kier molecular flexibility index (Phi) is 5.22. The van der Waals surface area contributed by atoms with E-state index in [2.05, 4.69) is 15.7 Å². The molecule has 1 aliphatic carbocycles. The van der Waals surface area contributed by atoms with E-state index in [1.165, 1.54) is 11.3 Å². The maximum Gasteiger partial charge on any atom is 0.262 e. The summed E-state index contributed by atoms with van der Waals surface area (Å²) in [7, 11) is 0. The Morgan fingerprint density at radius 2 is 2.00 bits per heavy atom. The van der Waals surface area contributed by atoms with Crippen LogP contribution >= 0.6 is 11.3 Å². The summed E-state index contributed by atoms with van der Waals surface area (Å²) in [5.41, 5.74) is -0.945. The molecule has 0 atom stereocenters. The fourth-order valence-corrected chi connectivity index (χ4v) is 3.78. The second kappa shape index (κ2) is 7.39. The zero-order valence-electron chi connectivity index (χ0n) is 14.6. The summed E-state index contributed by atoms with van der Waals surface area (Å²) in [6.07, 6.45) is 7.62. The van der Waals surface area contributed by atoms with Gasteiger partial charge in [0.25, 0.3) is 5.91 Å². The Hall–Kier alpha value is -2.15. The molecule has 6 nitrogen and oxygen atoms in total. The first-order valence-corrected chi connectivity index (χ1v) is 9.50. The van der Waals surface area contributed by atoms with Gasteiger partial charge in [0.2, 0.25) is 5.91 Å². The van der Waals surface area contributed by atoms with Gasteiger partial charge in [-0.1, -0.05) is 6.07 Å². The van der Waals surface area contributed by atoms with Gasteiger partial charge in [0.15, 0.2) is 0 Å². The molecular formula is C18H24N4O2S. The van der Waals surface area contributed by atoms with Crippen LogP contribution in [0.5, 0.6) is 0 Å². The molecule has 7 heteroatoms. The summed E-state index contributed by atoms with van der Waals surface area (Å²) in [5.74, 6) is -0.350. The molecule has 0 unspecified atom stereocenters. The molecule has 134 valence electrons. The minimum absolute atomic E-state index is 0.139. The lowest BCUT2D eigenvalue weighted by Crippen LogP contribution is -2.56. The van der Waals surface area contributed by atoms with Gasteiger partial charge in [0.05, 0.1) is 10.9 Å². The topological polar surface area (TPSA) is 76.0 Å². The lowest BCUT2D eigenvalue weighted by Gasteiger charge is -2.32. The zero-order chi connectivity index (χ0) is 17.9. The molecule has 1 saturated carbocycles. The molecule has 2 heterocycles. The Morgan fingerprint density at radius 1 is 1.24 bits per heavy atom. The van der Waals surface area contributed by atoms with Crippen molar-refractivity contribution in [2.75, 3.05) is 0 Å². The van der Waals surface area contributed by atoms with Crippen LogP contribution in [-0.2, 0) is 4.79 Å². The third kappa shape index (κ3) is 4.28. The summed E-state index contributed by atoms with van der Waals surface area (Å²) >= 11 is 1.37. The van der Waals surface area contributed by atoms with Crippen LogP contribution in [0.1, 0.15) is 55.2 Å². The van der Waals surface area contributed by atoms with Gasteiger partial charge >= 0.3 is 0 Å². The Labute approximate surface area is 151 Å². The number of carbonyl (C=O) groups excluding carboxylic acids is 2. The molecule has 2 aromatic rings. The summed E-state index contributed by atoms with van der Waals surface area (Å²) < 4.78 is 2.00. The number of amides is 2. The van der Waals surface area contributed by atoms with Crippen LogP contribution in [0, 0.1) is 0 Å². The van der Waals surface area contributed by atoms with Gasteiger partial charge in [0, 0.05) is 18.4 Å².